The molecule has 1 aromatic carbocycles. The van der Waals surface area contributed by atoms with E-state index in [4.69, 9.17) is 9.47 Å². The van der Waals surface area contributed by atoms with Crippen molar-refractivity contribution in [2.75, 3.05) is 26.8 Å². The molecular formula is C12H17NO2. The van der Waals surface area contributed by atoms with Gasteiger partial charge >= 0.3 is 0 Å². The molecule has 3 heteroatoms. The van der Waals surface area contributed by atoms with Crippen molar-refractivity contribution < 1.29 is 9.47 Å². The van der Waals surface area contributed by atoms with Crippen LogP contribution in [0.1, 0.15) is 18.1 Å². The maximum atomic E-state index is 5.76. The zero-order valence-electron chi connectivity index (χ0n) is 9.03. The van der Waals surface area contributed by atoms with Crippen LogP contribution < -0.4 is 10.1 Å². The van der Waals surface area contributed by atoms with Crippen molar-refractivity contribution in [2.45, 2.75) is 12.5 Å². The molecule has 3 nitrogen and oxygen atoms in total. The highest BCUT2D eigenvalue weighted by Crippen LogP contribution is 2.21. The van der Waals surface area contributed by atoms with Gasteiger partial charge in [-0.2, -0.15) is 0 Å². The van der Waals surface area contributed by atoms with E-state index >= 15 is 0 Å². The van der Waals surface area contributed by atoms with Gasteiger partial charge in [0.1, 0.15) is 5.75 Å². The first kappa shape index (κ1) is 10.5. The lowest BCUT2D eigenvalue weighted by atomic mass is 10.1. The number of rotatable bonds is 2. The third kappa shape index (κ3) is 2.70. The van der Waals surface area contributed by atoms with E-state index in [0.29, 0.717) is 0 Å². The monoisotopic (exact) mass is 207 g/mol. The van der Waals surface area contributed by atoms with Crippen molar-refractivity contribution in [3.8, 4) is 5.75 Å². The Bertz CT molecular complexity index is 289. The van der Waals surface area contributed by atoms with E-state index in [1.165, 1.54) is 5.56 Å². The zero-order valence-corrected chi connectivity index (χ0v) is 9.03. The van der Waals surface area contributed by atoms with Crippen LogP contribution in [0.25, 0.3) is 0 Å². The third-order valence-corrected chi connectivity index (χ3v) is 2.63. The van der Waals surface area contributed by atoms with Crippen LogP contribution in [0.2, 0.25) is 0 Å². The molecule has 2 rings (SSSR count). The van der Waals surface area contributed by atoms with Gasteiger partial charge < -0.3 is 14.8 Å². The van der Waals surface area contributed by atoms with Gasteiger partial charge in [0.15, 0.2) is 0 Å². The summed E-state index contributed by atoms with van der Waals surface area (Å²) in [6.45, 7) is 2.78. The number of hydrogen-bond donors (Lipinski definition) is 1. The highest BCUT2D eigenvalue weighted by Gasteiger charge is 2.13. The van der Waals surface area contributed by atoms with Gasteiger partial charge in [0.25, 0.3) is 0 Å². The molecule has 0 radical (unpaired) electrons. The van der Waals surface area contributed by atoms with Crippen LogP contribution in [0, 0.1) is 0 Å². The normalized spacial score (nSPS) is 22.1. The predicted octanol–water partition coefficient (Wildman–Crippen LogP) is 1.75. The van der Waals surface area contributed by atoms with Gasteiger partial charge in [-0.05, 0) is 30.7 Å². The zero-order chi connectivity index (χ0) is 10.5. The number of nitrogens with one attached hydrogen (secondary N) is 1. The van der Waals surface area contributed by atoms with Gasteiger partial charge in [-0.15, -0.1) is 0 Å². The van der Waals surface area contributed by atoms with E-state index in [9.17, 15) is 0 Å². The van der Waals surface area contributed by atoms with Crippen LogP contribution in [0.15, 0.2) is 24.3 Å². The fraction of sp³-hybridized carbons (Fsp3) is 0.500. The Balaban J connectivity index is 2.06. The molecule has 0 spiro atoms. The second-order valence-corrected chi connectivity index (χ2v) is 3.69. The molecule has 0 amide bonds. The molecule has 1 saturated heterocycles. The van der Waals surface area contributed by atoms with Gasteiger partial charge in [-0.3, -0.25) is 0 Å². The molecule has 0 saturated carbocycles. The Hall–Kier alpha value is -1.06. The van der Waals surface area contributed by atoms with E-state index < -0.39 is 0 Å². The largest absolute Gasteiger partial charge is 0.497 e. The molecule has 82 valence electrons. The first-order valence-corrected chi connectivity index (χ1v) is 5.36. The molecule has 1 aliphatic heterocycles. The molecular weight excluding hydrogens is 190 g/mol. The van der Waals surface area contributed by atoms with E-state index in [2.05, 4.69) is 17.4 Å². The molecule has 15 heavy (non-hydrogen) atoms. The summed E-state index contributed by atoms with van der Waals surface area (Å²) in [4.78, 5) is 0. The molecule has 1 unspecified atom stereocenters. The lowest BCUT2D eigenvalue weighted by molar-refractivity contribution is 0.0669. The van der Waals surface area contributed by atoms with Crippen LogP contribution >= 0.6 is 0 Å². The smallest absolute Gasteiger partial charge is 0.118 e. The number of hydrogen-bond acceptors (Lipinski definition) is 3. The summed E-state index contributed by atoms with van der Waals surface area (Å²) in [6.07, 6.45) is 1.27. The first-order valence-electron chi connectivity index (χ1n) is 5.36. The minimum atomic E-state index is 0.179. The van der Waals surface area contributed by atoms with Gasteiger partial charge in [-0.1, -0.05) is 12.1 Å². The molecule has 1 aromatic rings. The molecule has 0 aliphatic carbocycles. The van der Waals surface area contributed by atoms with Crippen molar-refractivity contribution in [3.63, 3.8) is 0 Å². The summed E-state index contributed by atoms with van der Waals surface area (Å²) in [5, 5.41) is 3.37. The Morgan fingerprint density at radius 2 is 2.13 bits per heavy atom. The maximum absolute atomic E-state index is 5.76. The summed E-state index contributed by atoms with van der Waals surface area (Å²) in [5.74, 6) is 0.889. The lowest BCUT2D eigenvalue weighted by Crippen LogP contribution is -2.19. The quantitative estimate of drug-likeness (QED) is 0.801. The Labute approximate surface area is 90.4 Å². The molecule has 1 fully saturated rings. The molecule has 1 heterocycles. The van der Waals surface area contributed by atoms with Gasteiger partial charge in [0.05, 0.1) is 13.2 Å². The van der Waals surface area contributed by atoms with Gasteiger partial charge in [-0.25, -0.2) is 0 Å². The van der Waals surface area contributed by atoms with Gasteiger partial charge in [0, 0.05) is 13.2 Å². The van der Waals surface area contributed by atoms with E-state index in [1.807, 2.05) is 12.1 Å². The Morgan fingerprint density at radius 3 is 2.87 bits per heavy atom. The van der Waals surface area contributed by atoms with Crippen LogP contribution in [0.5, 0.6) is 5.75 Å². The maximum Gasteiger partial charge on any atom is 0.118 e. The van der Waals surface area contributed by atoms with Gasteiger partial charge in [0.2, 0.25) is 0 Å². The first-order chi connectivity index (χ1) is 7.40. The van der Waals surface area contributed by atoms with E-state index in [-0.39, 0.29) is 6.10 Å². The topological polar surface area (TPSA) is 30.5 Å². The third-order valence-electron chi connectivity index (χ3n) is 2.63. The summed E-state index contributed by atoms with van der Waals surface area (Å²) in [5.41, 5.74) is 1.21. The van der Waals surface area contributed by atoms with E-state index in [1.54, 1.807) is 7.11 Å². The van der Waals surface area contributed by atoms with Crippen LogP contribution in [0.4, 0.5) is 0 Å². The second kappa shape index (κ2) is 5.14. The molecule has 1 aliphatic rings. The van der Waals surface area contributed by atoms with Crippen LogP contribution in [-0.4, -0.2) is 26.8 Å². The number of ether oxygens (including phenoxy) is 2. The van der Waals surface area contributed by atoms with E-state index in [0.717, 1.165) is 31.9 Å². The van der Waals surface area contributed by atoms with Crippen molar-refractivity contribution in [1.29, 1.82) is 0 Å². The van der Waals surface area contributed by atoms with Crippen molar-refractivity contribution in [1.82, 2.24) is 5.32 Å². The summed E-state index contributed by atoms with van der Waals surface area (Å²) in [6, 6.07) is 8.08. The molecule has 0 aromatic heterocycles. The number of benzene rings is 1. The van der Waals surface area contributed by atoms with Crippen LogP contribution in [-0.2, 0) is 4.74 Å². The molecule has 1 N–H and O–H groups in total. The lowest BCUT2D eigenvalue weighted by Gasteiger charge is -2.15. The summed E-state index contributed by atoms with van der Waals surface area (Å²) < 4.78 is 10.9. The Kier molecular flexibility index (Phi) is 3.59. The number of methoxy groups -OCH3 is 1. The highest BCUT2D eigenvalue weighted by atomic mass is 16.5. The predicted molar refractivity (Wildman–Crippen MR) is 59.2 cm³/mol. The summed E-state index contributed by atoms with van der Waals surface area (Å²) in [7, 11) is 1.68. The average molecular weight is 207 g/mol. The fourth-order valence-electron chi connectivity index (χ4n) is 1.75. The minimum absolute atomic E-state index is 0.179. The average Bonchev–Trinajstić information content (AvgIpc) is 2.58. The van der Waals surface area contributed by atoms with Crippen molar-refractivity contribution in [2.24, 2.45) is 0 Å². The summed E-state index contributed by atoms with van der Waals surface area (Å²) >= 11 is 0. The Morgan fingerprint density at radius 1 is 1.33 bits per heavy atom. The second-order valence-electron chi connectivity index (χ2n) is 3.69. The molecule has 1 atom stereocenters. The van der Waals surface area contributed by atoms with Crippen molar-refractivity contribution in [3.05, 3.63) is 29.8 Å². The molecule has 0 bridgehead atoms. The fourth-order valence-corrected chi connectivity index (χ4v) is 1.75. The standard InChI is InChI=1S/C12H17NO2/c1-14-11-5-3-10(4-6-11)12-9-13-7-2-8-15-12/h3-6,12-13H,2,7-9H2,1H3. The van der Waals surface area contributed by atoms with Crippen molar-refractivity contribution >= 4 is 0 Å². The SMILES string of the molecule is COc1ccc(C2CNCCCO2)cc1. The minimum Gasteiger partial charge on any atom is -0.497 e. The highest BCUT2D eigenvalue weighted by molar-refractivity contribution is 5.28. The van der Waals surface area contributed by atoms with Crippen LogP contribution in [0.3, 0.4) is 0 Å².